The fraction of sp³-hybridized carbons (Fsp3) is 0.357. The van der Waals surface area contributed by atoms with Gasteiger partial charge in [-0.1, -0.05) is 18.2 Å². The van der Waals surface area contributed by atoms with Crippen molar-refractivity contribution in [3.63, 3.8) is 0 Å². The summed E-state index contributed by atoms with van der Waals surface area (Å²) in [6.07, 6.45) is 2.42. The molecule has 3 nitrogen and oxygen atoms in total. The predicted molar refractivity (Wildman–Crippen MR) is 66.2 cm³/mol. The topological polar surface area (TPSA) is 33.5 Å². The molecule has 3 rings (SSSR count). The van der Waals surface area contributed by atoms with Gasteiger partial charge in [0.25, 0.3) is 0 Å². The molecule has 1 aromatic carbocycles. The summed E-state index contributed by atoms with van der Waals surface area (Å²) in [6, 6.07) is 10.1. The Morgan fingerprint density at radius 3 is 2.88 bits per heavy atom. The van der Waals surface area contributed by atoms with E-state index >= 15 is 0 Å². The number of para-hydroxylation sites is 1. The van der Waals surface area contributed by atoms with Crippen LogP contribution < -0.4 is 0 Å². The summed E-state index contributed by atoms with van der Waals surface area (Å²) in [4.78, 5) is 14.1. The van der Waals surface area contributed by atoms with Gasteiger partial charge in [0.1, 0.15) is 5.58 Å². The molecule has 1 fully saturated rings. The zero-order chi connectivity index (χ0) is 11.8. The molecule has 1 aliphatic carbocycles. The third-order valence-corrected chi connectivity index (χ3v) is 3.26. The SMILES string of the molecule is CN(CC(=O)c1cc2ccccc2o1)C1CC1. The van der Waals surface area contributed by atoms with Crippen LogP contribution in [0.15, 0.2) is 34.7 Å². The molecule has 1 aliphatic rings. The average molecular weight is 229 g/mol. The minimum absolute atomic E-state index is 0.0654. The lowest BCUT2D eigenvalue weighted by Gasteiger charge is -2.12. The Morgan fingerprint density at radius 2 is 2.18 bits per heavy atom. The normalized spacial score (nSPS) is 15.6. The number of hydrogen-bond donors (Lipinski definition) is 0. The molecule has 2 aromatic rings. The molecule has 1 saturated carbocycles. The molecule has 0 spiro atoms. The molecule has 0 aliphatic heterocycles. The number of fused-ring (bicyclic) bond motifs is 1. The molecule has 1 aromatic heterocycles. The largest absolute Gasteiger partial charge is 0.453 e. The molecule has 0 atom stereocenters. The molecule has 3 heteroatoms. The molecule has 0 N–H and O–H groups in total. The van der Waals surface area contributed by atoms with Gasteiger partial charge >= 0.3 is 0 Å². The number of rotatable bonds is 4. The van der Waals surface area contributed by atoms with E-state index in [1.807, 2.05) is 37.4 Å². The molecular weight excluding hydrogens is 214 g/mol. The van der Waals surface area contributed by atoms with Crippen molar-refractivity contribution in [2.75, 3.05) is 13.6 Å². The summed E-state index contributed by atoms with van der Waals surface area (Å²) in [5.74, 6) is 0.536. The highest BCUT2D eigenvalue weighted by Crippen LogP contribution is 2.26. The molecule has 0 saturated heterocycles. The second-order valence-electron chi connectivity index (χ2n) is 4.72. The van der Waals surface area contributed by atoms with Crippen LogP contribution in [0.25, 0.3) is 11.0 Å². The van der Waals surface area contributed by atoms with Gasteiger partial charge in [-0.15, -0.1) is 0 Å². The number of ketones is 1. The summed E-state index contributed by atoms with van der Waals surface area (Å²) in [5, 5.41) is 0.991. The Bertz CT molecular complexity index is 521. The molecule has 1 heterocycles. The van der Waals surface area contributed by atoms with Crippen molar-refractivity contribution in [3.05, 3.63) is 36.1 Å². The lowest BCUT2D eigenvalue weighted by molar-refractivity contribution is 0.0917. The van der Waals surface area contributed by atoms with E-state index in [9.17, 15) is 4.79 Å². The summed E-state index contributed by atoms with van der Waals surface area (Å²) in [7, 11) is 2.00. The maximum absolute atomic E-state index is 12.0. The predicted octanol–water partition coefficient (Wildman–Crippen LogP) is 2.71. The van der Waals surface area contributed by atoms with Crippen LogP contribution in [0, 0.1) is 0 Å². The number of likely N-dealkylation sites (N-methyl/N-ethyl adjacent to an activating group) is 1. The fourth-order valence-electron chi connectivity index (χ4n) is 2.07. The van der Waals surface area contributed by atoms with E-state index in [1.165, 1.54) is 12.8 Å². The standard InChI is InChI=1S/C14H15NO2/c1-15(11-6-7-11)9-12(16)14-8-10-4-2-3-5-13(10)17-14/h2-5,8,11H,6-7,9H2,1H3. The lowest BCUT2D eigenvalue weighted by Crippen LogP contribution is -2.27. The van der Waals surface area contributed by atoms with Crippen LogP contribution >= 0.6 is 0 Å². The highest BCUT2D eigenvalue weighted by Gasteiger charge is 2.28. The van der Waals surface area contributed by atoms with Gasteiger partial charge in [0.2, 0.25) is 5.78 Å². The first kappa shape index (κ1) is 10.5. The number of carbonyl (C=O) groups excluding carboxylic acids is 1. The maximum Gasteiger partial charge on any atom is 0.211 e. The second kappa shape index (κ2) is 4.00. The fourth-order valence-corrected chi connectivity index (χ4v) is 2.07. The van der Waals surface area contributed by atoms with Crippen molar-refractivity contribution in [1.82, 2.24) is 4.90 Å². The second-order valence-corrected chi connectivity index (χ2v) is 4.72. The molecule has 17 heavy (non-hydrogen) atoms. The summed E-state index contributed by atoms with van der Waals surface area (Å²) in [6.45, 7) is 0.449. The van der Waals surface area contributed by atoms with Gasteiger partial charge in [-0.3, -0.25) is 9.69 Å². The van der Waals surface area contributed by atoms with Crippen molar-refractivity contribution in [1.29, 1.82) is 0 Å². The molecule has 0 unspecified atom stereocenters. The van der Waals surface area contributed by atoms with Crippen molar-refractivity contribution in [2.24, 2.45) is 0 Å². The van der Waals surface area contributed by atoms with E-state index in [4.69, 9.17) is 4.42 Å². The number of hydrogen-bond acceptors (Lipinski definition) is 3. The van der Waals surface area contributed by atoms with E-state index in [-0.39, 0.29) is 5.78 Å². The van der Waals surface area contributed by atoms with Gasteiger partial charge in [0.15, 0.2) is 5.76 Å². The smallest absolute Gasteiger partial charge is 0.211 e. The lowest BCUT2D eigenvalue weighted by atomic mass is 10.2. The van der Waals surface area contributed by atoms with Crippen LogP contribution in [0.5, 0.6) is 0 Å². The van der Waals surface area contributed by atoms with Crippen LogP contribution in [0.4, 0.5) is 0 Å². The molecule has 0 amide bonds. The molecular formula is C14H15NO2. The summed E-state index contributed by atoms with van der Waals surface area (Å²) >= 11 is 0. The number of Topliss-reactive ketones (excluding diaryl/α,β-unsaturated/α-hetero) is 1. The Hall–Kier alpha value is -1.61. The van der Waals surface area contributed by atoms with Gasteiger partial charge < -0.3 is 4.42 Å². The van der Waals surface area contributed by atoms with Crippen molar-refractivity contribution in [2.45, 2.75) is 18.9 Å². The van der Waals surface area contributed by atoms with Gasteiger partial charge in [-0.2, -0.15) is 0 Å². The number of carbonyl (C=O) groups is 1. The Balaban J connectivity index is 1.80. The highest BCUT2D eigenvalue weighted by atomic mass is 16.3. The van der Waals surface area contributed by atoms with Gasteiger partial charge in [0, 0.05) is 11.4 Å². The van der Waals surface area contributed by atoms with Crippen LogP contribution in [0.3, 0.4) is 0 Å². The van der Waals surface area contributed by atoms with Gasteiger partial charge in [-0.05, 0) is 32.0 Å². The van der Waals surface area contributed by atoms with Crippen molar-refractivity contribution >= 4 is 16.8 Å². The summed E-state index contributed by atoms with van der Waals surface area (Å²) < 4.78 is 5.55. The zero-order valence-electron chi connectivity index (χ0n) is 9.85. The Labute approximate surface area is 100 Å². The first-order valence-electron chi connectivity index (χ1n) is 5.96. The summed E-state index contributed by atoms with van der Waals surface area (Å²) in [5.41, 5.74) is 0.782. The Kier molecular flexibility index (Phi) is 2.48. The van der Waals surface area contributed by atoms with Gasteiger partial charge in [-0.25, -0.2) is 0 Å². The van der Waals surface area contributed by atoms with E-state index in [0.29, 0.717) is 18.3 Å². The minimum Gasteiger partial charge on any atom is -0.453 e. The van der Waals surface area contributed by atoms with E-state index in [1.54, 1.807) is 0 Å². The van der Waals surface area contributed by atoms with Crippen LogP contribution in [0.2, 0.25) is 0 Å². The molecule has 0 radical (unpaired) electrons. The third-order valence-electron chi connectivity index (χ3n) is 3.26. The first-order valence-corrected chi connectivity index (χ1v) is 5.96. The van der Waals surface area contributed by atoms with Crippen LogP contribution in [-0.2, 0) is 0 Å². The zero-order valence-corrected chi connectivity index (χ0v) is 9.85. The first-order chi connectivity index (χ1) is 8.24. The average Bonchev–Trinajstić information content (AvgIpc) is 3.08. The number of furan rings is 1. The van der Waals surface area contributed by atoms with E-state index in [2.05, 4.69) is 4.90 Å². The Morgan fingerprint density at radius 1 is 1.41 bits per heavy atom. The number of nitrogens with zero attached hydrogens (tertiary/aromatic N) is 1. The van der Waals surface area contributed by atoms with Gasteiger partial charge in [0.05, 0.1) is 6.54 Å². The van der Waals surface area contributed by atoms with Crippen LogP contribution in [0.1, 0.15) is 23.4 Å². The van der Waals surface area contributed by atoms with Crippen molar-refractivity contribution in [3.8, 4) is 0 Å². The van der Waals surface area contributed by atoms with Crippen molar-refractivity contribution < 1.29 is 9.21 Å². The third kappa shape index (κ3) is 2.11. The van der Waals surface area contributed by atoms with E-state index < -0.39 is 0 Å². The highest BCUT2D eigenvalue weighted by molar-refractivity contribution is 5.98. The van der Waals surface area contributed by atoms with E-state index in [0.717, 1.165) is 11.0 Å². The molecule has 88 valence electrons. The quantitative estimate of drug-likeness (QED) is 0.756. The van der Waals surface area contributed by atoms with Crippen LogP contribution in [-0.4, -0.2) is 30.3 Å². The number of benzene rings is 1. The maximum atomic E-state index is 12.0. The monoisotopic (exact) mass is 229 g/mol. The minimum atomic E-state index is 0.0654. The molecule has 0 bridgehead atoms.